The number of fused-ring (bicyclic) bond motifs is 3. The van der Waals surface area contributed by atoms with Gasteiger partial charge >= 0.3 is 6.18 Å². The lowest BCUT2D eigenvalue weighted by atomic mass is 9.98. The summed E-state index contributed by atoms with van der Waals surface area (Å²) in [6, 6.07) is 19.5. The fourth-order valence-corrected chi connectivity index (χ4v) is 3.89. The number of aromatic nitrogens is 2. The Bertz CT molecular complexity index is 1260. The van der Waals surface area contributed by atoms with Crippen LogP contribution in [0.3, 0.4) is 0 Å². The van der Waals surface area contributed by atoms with Gasteiger partial charge in [-0.3, -0.25) is 9.69 Å². The number of benzene rings is 3. The van der Waals surface area contributed by atoms with Crippen molar-refractivity contribution in [3.63, 3.8) is 0 Å². The highest BCUT2D eigenvalue weighted by Crippen LogP contribution is 2.33. The molecule has 1 aliphatic heterocycles. The SMILES string of the molecule is O=C(c1ccccc1-c1ccc(C(F)(F)F)cc1)N1CCn2c1nc1ccccc12. The van der Waals surface area contributed by atoms with Crippen LogP contribution in [0.15, 0.2) is 72.8 Å². The number of carbonyl (C=O) groups excluding carboxylic acids is 1. The summed E-state index contributed by atoms with van der Waals surface area (Å²) >= 11 is 0. The molecule has 0 saturated heterocycles. The van der Waals surface area contributed by atoms with E-state index >= 15 is 0 Å². The van der Waals surface area contributed by atoms with E-state index < -0.39 is 11.7 Å². The van der Waals surface area contributed by atoms with Crippen LogP contribution in [0.2, 0.25) is 0 Å². The number of nitrogens with zero attached hydrogens (tertiary/aromatic N) is 3. The highest BCUT2D eigenvalue weighted by Gasteiger charge is 2.31. The lowest BCUT2D eigenvalue weighted by Gasteiger charge is -2.17. The van der Waals surface area contributed by atoms with Crippen molar-refractivity contribution in [1.82, 2.24) is 9.55 Å². The molecule has 150 valence electrons. The summed E-state index contributed by atoms with van der Waals surface area (Å²) in [5.41, 5.74) is 2.64. The minimum absolute atomic E-state index is 0.223. The largest absolute Gasteiger partial charge is 0.416 e. The summed E-state index contributed by atoms with van der Waals surface area (Å²) in [6.45, 7) is 1.14. The van der Waals surface area contributed by atoms with Crippen molar-refractivity contribution < 1.29 is 18.0 Å². The maximum atomic E-state index is 13.4. The second kappa shape index (κ2) is 6.73. The highest BCUT2D eigenvalue weighted by molar-refractivity contribution is 6.10. The Morgan fingerprint density at radius 1 is 0.867 bits per heavy atom. The Balaban J connectivity index is 1.53. The third kappa shape index (κ3) is 2.94. The van der Waals surface area contributed by atoms with E-state index in [0.29, 0.717) is 35.7 Å². The van der Waals surface area contributed by atoms with Gasteiger partial charge in [-0.1, -0.05) is 42.5 Å². The van der Waals surface area contributed by atoms with Crippen molar-refractivity contribution in [2.45, 2.75) is 12.7 Å². The van der Waals surface area contributed by atoms with E-state index in [-0.39, 0.29) is 5.91 Å². The Hall–Kier alpha value is -3.61. The van der Waals surface area contributed by atoms with Crippen LogP contribution in [-0.2, 0) is 12.7 Å². The van der Waals surface area contributed by atoms with E-state index in [1.165, 1.54) is 12.1 Å². The molecule has 0 N–H and O–H groups in total. The molecule has 5 rings (SSSR count). The lowest BCUT2D eigenvalue weighted by molar-refractivity contribution is -0.137. The first kappa shape index (κ1) is 18.4. The summed E-state index contributed by atoms with van der Waals surface area (Å²) in [6.07, 6.45) is -4.40. The molecule has 4 nitrogen and oxygen atoms in total. The van der Waals surface area contributed by atoms with Crippen molar-refractivity contribution in [1.29, 1.82) is 0 Å². The van der Waals surface area contributed by atoms with E-state index in [4.69, 9.17) is 0 Å². The van der Waals surface area contributed by atoms with Gasteiger partial charge < -0.3 is 4.57 Å². The molecule has 4 aromatic rings. The molecule has 0 aliphatic carbocycles. The predicted molar refractivity (Wildman–Crippen MR) is 108 cm³/mol. The number of hydrogen-bond acceptors (Lipinski definition) is 2. The second-order valence-electron chi connectivity index (χ2n) is 7.13. The van der Waals surface area contributed by atoms with Gasteiger partial charge in [0, 0.05) is 18.7 Å². The highest BCUT2D eigenvalue weighted by atomic mass is 19.4. The first-order valence-corrected chi connectivity index (χ1v) is 9.47. The molecular weight excluding hydrogens is 391 g/mol. The van der Waals surface area contributed by atoms with Crippen molar-refractivity contribution >= 4 is 22.9 Å². The van der Waals surface area contributed by atoms with Crippen molar-refractivity contribution in [2.75, 3.05) is 11.4 Å². The molecule has 1 aromatic heterocycles. The molecule has 0 bridgehead atoms. The zero-order chi connectivity index (χ0) is 20.9. The van der Waals surface area contributed by atoms with Crippen LogP contribution in [0, 0.1) is 0 Å². The first-order chi connectivity index (χ1) is 14.4. The summed E-state index contributed by atoms with van der Waals surface area (Å²) in [4.78, 5) is 19.6. The standard InChI is InChI=1S/C23H16F3N3O/c24-23(25,26)16-11-9-15(10-12-16)17-5-1-2-6-18(17)21(30)29-14-13-28-20-8-4-3-7-19(20)27-22(28)29/h1-12H,13-14H2. The van der Waals surface area contributed by atoms with Crippen LogP contribution in [0.5, 0.6) is 0 Å². The van der Waals surface area contributed by atoms with Gasteiger partial charge in [0.25, 0.3) is 5.91 Å². The molecule has 0 atom stereocenters. The van der Waals surface area contributed by atoms with Gasteiger partial charge in [-0.2, -0.15) is 13.2 Å². The van der Waals surface area contributed by atoms with E-state index in [0.717, 1.165) is 23.2 Å². The van der Waals surface area contributed by atoms with E-state index in [1.54, 1.807) is 29.2 Å². The van der Waals surface area contributed by atoms with Gasteiger partial charge in [0.1, 0.15) is 0 Å². The van der Waals surface area contributed by atoms with Gasteiger partial charge in [0.05, 0.1) is 16.6 Å². The van der Waals surface area contributed by atoms with Gasteiger partial charge in [0.15, 0.2) is 0 Å². The molecular formula is C23H16F3N3O. The number of imidazole rings is 1. The molecule has 0 radical (unpaired) electrons. The molecule has 0 spiro atoms. The smallest absolute Gasteiger partial charge is 0.308 e. The number of rotatable bonds is 2. The third-order valence-electron chi connectivity index (χ3n) is 5.35. The monoisotopic (exact) mass is 407 g/mol. The average Bonchev–Trinajstić information content (AvgIpc) is 3.32. The number of carbonyl (C=O) groups is 1. The number of anilines is 1. The topological polar surface area (TPSA) is 38.1 Å². The Labute approximate surface area is 170 Å². The van der Waals surface area contributed by atoms with Crippen LogP contribution in [-0.4, -0.2) is 22.0 Å². The Kier molecular flexibility index (Phi) is 4.13. The minimum Gasteiger partial charge on any atom is -0.308 e. The van der Waals surface area contributed by atoms with Gasteiger partial charge in [0.2, 0.25) is 5.95 Å². The quantitative estimate of drug-likeness (QED) is 0.447. The fraction of sp³-hybridized carbons (Fsp3) is 0.130. The fourth-order valence-electron chi connectivity index (χ4n) is 3.89. The van der Waals surface area contributed by atoms with E-state index in [1.807, 2.05) is 28.8 Å². The molecule has 3 aromatic carbocycles. The summed E-state index contributed by atoms with van der Waals surface area (Å²) in [5.74, 6) is 0.364. The van der Waals surface area contributed by atoms with Crippen molar-refractivity contribution in [3.8, 4) is 11.1 Å². The van der Waals surface area contributed by atoms with E-state index in [9.17, 15) is 18.0 Å². The van der Waals surface area contributed by atoms with Gasteiger partial charge in [-0.05, 0) is 41.5 Å². The van der Waals surface area contributed by atoms with Gasteiger partial charge in [-0.15, -0.1) is 0 Å². The maximum absolute atomic E-state index is 13.4. The molecule has 0 saturated carbocycles. The summed E-state index contributed by atoms with van der Waals surface area (Å²) in [5, 5.41) is 0. The number of halogens is 3. The first-order valence-electron chi connectivity index (χ1n) is 9.47. The zero-order valence-corrected chi connectivity index (χ0v) is 15.7. The molecule has 0 fully saturated rings. The third-order valence-corrected chi connectivity index (χ3v) is 5.35. The normalized spacial score (nSPS) is 13.6. The average molecular weight is 407 g/mol. The van der Waals surface area contributed by atoms with E-state index in [2.05, 4.69) is 4.98 Å². The van der Waals surface area contributed by atoms with Crippen molar-refractivity contribution in [3.05, 3.63) is 83.9 Å². The van der Waals surface area contributed by atoms with Crippen LogP contribution in [0.1, 0.15) is 15.9 Å². The molecule has 0 unspecified atom stereocenters. The number of alkyl halides is 3. The number of para-hydroxylation sites is 2. The van der Waals surface area contributed by atoms with Crippen LogP contribution in [0.25, 0.3) is 22.2 Å². The van der Waals surface area contributed by atoms with Crippen LogP contribution >= 0.6 is 0 Å². The lowest BCUT2D eigenvalue weighted by Crippen LogP contribution is -2.29. The second-order valence-corrected chi connectivity index (χ2v) is 7.13. The minimum atomic E-state index is -4.40. The summed E-state index contributed by atoms with van der Waals surface area (Å²) < 4.78 is 40.7. The predicted octanol–water partition coefficient (Wildman–Crippen LogP) is 5.38. The molecule has 2 heterocycles. The molecule has 7 heteroatoms. The number of amides is 1. The van der Waals surface area contributed by atoms with Crippen LogP contribution in [0.4, 0.5) is 19.1 Å². The molecule has 30 heavy (non-hydrogen) atoms. The maximum Gasteiger partial charge on any atom is 0.416 e. The molecule has 1 aliphatic rings. The Morgan fingerprint density at radius 2 is 1.57 bits per heavy atom. The van der Waals surface area contributed by atoms with Crippen molar-refractivity contribution in [2.24, 2.45) is 0 Å². The summed E-state index contributed by atoms with van der Waals surface area (Å²) in [7, 11) is 0. The molecule has 1 amide bonds. The number of hydrogen-bond donors (Lipinski definition) is 0. The Morgan fingerprint density at radius 3 is 2.33 bits per heavy atom. The van der Waals surface area contributed by atoms with Crippen LogP contribution < -0.4 is 4.90 Å². The van der Waals surface area contributed by atoms with Gasteiger partial charge in [-0.25, -0.2) is 4.98 Å². The zero-order valence-electron chi connectivity index (χ0n) is 15.7.